The molecule has 0 aromatic heterocycles. The average molecular weight is 453 g/mol. The van der Waals surface area contributed by atoms with Crippen molar-refractivity contribution < 1.29 is 22.7 Å². The summed E-state index contributed by atoms with van der Waals surface area (Å²) in [5, 5.41) is 2.84. The summed E-state index contributed by atoms with van der Waals surface area (Å²) in [5.74, 6) is 0.515. The Morgan fingerprint density at radius 3 is 2.44 bits per heavy atom. The molecule has 0 saturated carbocycles. The van der Waals surface area contributed by atoms with Crippen LogP contribution < -0.4 is 19.1 Å². The zero-order valence-corrected chi connectivity index (χ0v) is 18.6. The molecule has 3 aromatic carbocycles. The summed E-state index contributed by atoms with van der Waals surface area (Å²) in [5.41, 5.74) is 2.47. The van der Waals surface area contributed by atoms with Crippen LogP contribution in [-0.4, -0.2) is 34.1 Å². The summed E-state index contributed by atoms with van der Waals surface area (Å²) in [6.07, 6.45) is -0.983. The highest BCUT2D eigenvalue weighted by Gasteiger charge is 2.37. The molecule has 0 radical (unpaired) electrons. The van der Waals surface area contributed by atoms with Crippen LogP contribution in [0.3, 0.4) is 0 Å². The predicted octanol–water partition coefficient (Wildman–Crippen LogP) is 3.28. The standard InChI is InChI=1S/C24H24N2O5S/c1-17-7-9-18(10-8-17)15-25-24(27)23-16-26(21-5-3-4-6-22(21)31-23)32(28,29)20-13-11-19(30-2)12-14-20/h3-14,23H,15-16H2,1-2H3,(H,25,27)/t23-/m1/s1. The molecule has 1 aliphatic heterocycles. The van der Waals surface area contributed by atoms with Gasteiger partial charge in [0.25, 0.3) is 15.9 Å². The second-order valence-electron chi connectivity index (χ2n) is 7.49. The fraction of sp³-hybridized carbons (Fsp3) is 0.208. The first kappa shape index (κ1) is 21.7. The second kappa shape index (κ2) is 8.92. The first-order valence-corrected chi connectivity index (χ1v) is 11.6. The largest absolute Gasteiger partial charge is 0.497 e. The molecule has 0 bridgehead atoms. The van der Waals surface area contributed by atoms with Gasteiger partial charge in [-0.2, -0.15) is 0 Å². The van der Waals surface area contributed by atoms with Crippen LogP contribution >= 0.6 is 0 Å². The number of para-hydroxylation sites is 2. The van der Waals surface area contributed by atoms with E-state index in [0.29, 0.717) is 23.7 Å². The van der Waals surface area contributed by atoms with Crippen LogP contribution in [0, 0.1) is 6.92 Å². The number of sulfonamides is 1. The number of nitrogens with one attached hydrogen (secondary N) is 1. The number of anilines is 1. The monoisotopic (exact) mass is 452 g/mol. The zero-order valence-electron chi connectivity index (χ0n) is 17.8. The molecule has 0 fully saturated rings. The third kappa shape index (κ3) is 4.40. The highest BCUT2D eigenvalue weighted by molar-refractivity contribution is 7.92. The van der Waals surface area contributed by atoms with Gasteiger partial charge >= 0.3 is 0 Å². The highest BCUT2D eigenvalue weighted by atomic mass is 32.2. The predicted molar refractivity (Wildman–Crippen MR) is 121 cm³/mol. The van der Waals surface area contributed by atoms with Crippen molar-refractivity contribution >= 4 is 21.6 Å². The van der Waals surface area contributed by atoms with Gasteiger partial charge in [0.1, 0.15) is 11.5 Å². The van der Waals surface area contributed by atoms with Crippen LogP contribution in [0.4, 0.5) is 5.69 Å². The molecule has 0 spiro atoms. The first-order chi connectivity index (χ1) is 15.4. The number of rotatable bonds is 6. The van der Waals surface area contributed by atoms with Gasteiger partial charge in [-0.25, -0.2) is 8.42 Å². The number of aryl methyl sites for hydroxylation is 1. The van der Waals surface area contributed by atoms with Crippen molar-refractivity contribution in [2.75, 3.05) is 18.0 Å². The number of carbonyl (C=O) groups excluding carboxylic acids is 1. The zero-order chi connectivity index (χ0) is 22.7. The van der Waals surface area contributed by atoms with E-state index in [4.69, 9.17) is 9.47 Å². The molecule has 0 aliphatic carbocycles. The van der Waals surface area contributed by atoms with E-state index in [2.05, 4.69) is 5.32 Å². The third-order valence-corrected chi connectivity index (χ3v) is 7.06. The van der Waals surface area contributed by atoms with Crippen LogP contribution in [0.2, 0.25) is 0 Å². The summed E-state index contributed by atoms with van der Waals surface area (Å²) in [6, 6.07) is 20.8. The molecule has 166 valence electrons. The number of amides is 1. The fourth-order valence-electron chi connectivity index (χ4n) is 3.45. The Balaban J connectivity index is 1.58. The van der Waals surface area contributed by atoms with Crippen molar-refractivity contribution in [1.82, 2.24) is 5.32 Å². The van der Waals surface area contributed by atoms with Gasteiger partial charge in [-0.05, 0) is 48.9 Å². The Hall–Kier alpha value is -3.52. The summed E-state index contributed by atoms with van der Waals surface area (Å²) in [6.45, 7) is 2.18. The Kier molecular flexibility index (Phi) is 6.05. The van der Waals surface area contributed by atoms with Gasteiger partial charge in [0.15, 0.2) is 6.10 Å². The van der Waals surface area contributed by atoms with Gasteiger partial charge in [0.2, 0.25) is 0 Å². The number of ether oxygens (including phenoxy) is 2. The third-order valence-electron chi connectivity index (χ3n) is 5.26. The summed E-state index contributed by atoms with van der Waals surface area (Å²) < 4.78 is 39.1. The normalized spacial score (nSPS) is 15.4. The van der Waals surface area contributed by atoms with Gasteiger partial charge in [0.05, 0.1) is 24.2 Å². The number of carbonyl (C=O) groups is 1. The Morgan fingerprint density at radius 1 is 1.06 bits per heavy atom. The molecular formula is C24H24N2O5S. The minimum absolute atomic E-state index is 0.105. The van der Waals surface area contributed by atoms with E-state index < -0.39 is 16.1 Å². The van der Waals surface area contributed by atoms with Crippen LogP contribution in [-0.2, 0) is 21.4 Å². The molecule has 8 heteroatoms. The number of fused-ring (bicyclic) bond motifs is 1. The van der Waals surface area contributed by atoms with Gasteiger partial charge in [-0.15, -0.1) is 0 Å². The average Bonchev–Trinajstić information content (AvgIpc) is 2.82. The molecule has 1 aliphatic rings. The molecule has 1 amide bonds. The van der Waals surface area contributed by atoms with Gasteiger partial charge < -0.3 is 14.8 Å². The van der Waals surface area contributed by atoms with Crippen LogP contribution in [0.25, 0.3) is 0 Å². The molecule has 7 nitrogen and oxygen atoms in total. The van der Waals surface area contributed by atoms with E-state index >= 15 is 0 Å². The fourth-order valence-corrected chi connectivity index (χ4v) is 4.93. The van der Waals surface area contributed by atoms with E-state index in [9.17, 15) is 13.2 Å². The maximum absolute atomic E-state index is 13.4. The minimum atomic E-state index is -3.92. The molecule has 0 saturated heterocycles. The van der Waals surface area contributed by atoms with E-state index in [1.54, 1.807) is 36.4 Å². The summed E-state index contributed by atoms with van der Waals surface area (Å²) in [7, 11) is -2.41. The van der Waals surface area contributed by atoms with Crippen molar-refractivity contribution in [3.05, 3.63) is 83.9 Å². The van der Waals surface area contributed by atoms with Crippen LogP contribution in [0.5, 0.6) is 11.5 Å². The highest BCUT2D eigenvalue weighted by Crippen LogP contribution is 2.37. The molecule has 3 aromatic rings. The van der Waals surface area contributed by atoms with Crippen molar-refractivity contribution in [2.24, 2.45) is 0 Å². The van der Waals surface area contributed by atoms with Gasteiger partial charge in [-0.3, -0.25) is 9.10 Å². The van der Waals surface area contributed by atoms with Crippen molar-refractivity contribution in [1.29, 1.82) is 0 Å². The number of methoxy groups -OCH3 is 1. The maximum Gasteiger partial charge on any atom is 0.264 e. The number of nitrogens with zero attached hydrogens (tertiary/aromatic N) is 1. The summed E-state index contributed by atoms with van der Waals surface area (Å²) in [4.78, 5) is 13.0. The Morgan fingerprint density at radius 2 is 1.75 bits per heavy atom. The smallest absolute Gasteiger partial charge is 0.264 e. The molecular weight excluding hydrogens is 428 g/mol. The molecule has 1 atom stereocenters. The lowest BCUT2D eigenvalue weighted by atomic mass is 10.1. The molecule has 1 N–H and O–H groups in total. The van der Waals surface area contributed by atoms with Gasteiger partial charge in [0, 0.05) is 6.54 Å². The lowest BCUT2D eigenvalue weighted by Gasteiger charge is -2.34. The van der Waals surface area contributed by atoms with E-state index in [-0.39, 0.29) is 17.3 Å². The second-order valence-corrected chi connectivity index (χ2v) is 9.35. The molecule has 32 heavy (non-hydrogen) atoms. The molecule has 1 heterocycles. The quantitative estimate of drug-likeness (QED) is 0.621. The maximum atomic E-state index is 13.4. The number of hydrogen-bond acceptors (Lipinski definition) is 5. The van der Waals surface area contributed by atoms with E-state index in [1.165, 1.54) is 23.5 Å². The van der Waals surface area contributed by atoms with Crippen molar-refractivity contribution in [2.45, 2.75) is 24.5 Å². The molecule has 4 rings (SSSR count). The molecule has 0 unspecified atom stereocenters. The lowest BCUT2D eigenvalue weighted by Crippen LogP contribution is -2.50. The minimum Gasteiger partial charge on any atom is -0.497 e. The topological polar surface area (TPSA) is 84.9 Å². The van der Waals surface area contributed by atoms with Crippen molar-refractivity contribution in [3.8, 4) is 11.5 Å². The SMILES string of the molecule is COc1ccc(S(=O)(=O)N2C[C@H](C(=O)NCc3ccc(C)cc3)Oc3ccccc32)cc1. The van der Waals surface area contributed by atoms with Crippen molar-refractivity contribution in [3.63, 3.8) is 0 Å². The van der Waals surface area contributed by atoms with Crippen LogP contribution in [0.1, 0.15) is 11.1 Å². The Labute approximate surface area is 187 Å². The lowest BCUT2D eigenvalue weighted by molar-refractivity contribution is -0.127. The first-order valence-electron chi connectivity index (χ1n) is 10.1. The Bertz CT molecular complexity index is 1210. The number of hydrogen-bond donors (Lipinski definition) is 1. The summed E-state index contributed by atoms with van der Waals surface area (Å²) >= 11 is 0. The van der Waals surface area contributed by atoms with Gasteiger partial charge in [-0.1, -0.05) is 42.0 Å². The van der Waals surface area contributed by atoms with E-state index in [1.807, 2.05) is 31.2 Å². The number of benzene rings is 3. The van der Waals surface area contributed by atoms with Crippen LogP contribution in [0.15, 0.2) is 77.7 Å². The van der Waals surface area contributed by atoms with E-state index in [0.717, 1.165) is 11.1 Å².